The topological polar surface area (TPSA) is 72.5 Å². The average Bonchev–Trinajstić information content (AvgIpc) is 2.71. The van der Waals surface area contributed by atoms with Crippen molar-refractivity contribution in [3.63, 3.8) is 0 Å². The molecule has 0 radical (unpaired) electrons. The monoisotopic (exact) mass is 383 g/mol. The third kappa shape index (κ3) is 3.85. The van der Waals surface area contributed by atoms with Gasteiger partial charge in [0.15, 0.2) is 23.1 Å². The minimum absolute atomic E-state index is 0.137. The van der Waals surface area contributed by atoms with E-state index in [9.17, 15) is 13.6 Å². The lowest BCUT2D eigenvalue weighted by atomic mass is 10.2. The van der Waals surface area contributed by atoms with Gasteiger partial charge in [0.2, 0.25) is 0 Å². The number of carbonyl (C=O) groups excluding carboxylic acids is 1. The van der Waals surface area contributed by atoms with Gasteiger partial charge in [-0.05, 0) is 36.4 Å². The smallest absolute Gasteiger partial charge is 0.274 e. The molecule has 0 unspecified atom stereocenters. The standard InChI is InChI=1S/C20H15F2N3O3/c21-15-4-1-12(9-16(15)22)25-20(26)17-5-2-14(11-23-17)24-13-3-6-18-19(10-13)28-8-7-27-18/h1-6,9-11,24H,7-8H2,(H,25,26). The first-order valence-electron chi connectivity index (χ1n) is 8.47. The number of hydrogen-bond acceptors (Lipinski definition) is 5. The van der Waals surface area contributed by atoms with E-state index in [0.717, 1.165) is 17.8 Å². The van der Waals surface area contributed by atoms with Gasteiger partial charge in [-0.25, -0.2) is 13.8 Å². The molecule has 8 heteroatoms. The van der Waals surface area contributed by atoms with Crippen LogP contribution in [0.1, 0.15) is 10.5 Å². The third-order valence-electron chi connectivity index (χ3n) is 4.00. The Kier molecular flexibility index (Phi) is 4.76. The quantitative estimate of drug-likeness (QED) is 0.709. The maximum atomic E-state index is 13.2. The van der Waals surface area contributed by atoms with Crippen molar-refractivity contribution in [1.29, 1.82) is 0 Å². The Morgan fingerprint density at radius 2 is 1.61 bits per heavy atom. The highest BCUT2D eigenvalue weighted by Gasteiger charge is 2.13. The van der Waals surface area contributed by atoms with Crippen LogP contribution in [0.15, 0.2) is 54.7 Å². The minimum atomic E-state index is -1.04. The molecule has 1 aromatic heterocycles. The summed E-state index contributed by atoms with van der Waals surface area (Å²) in [4.78, 5) is 16.3. The van der Waals surface area contributed by atoms with Gasteiger partial charge < -0.3 is 20.1 Å². The van der Waals surface area contributed by atoms with Crippen LogP contribution in [0.5, 0.6) is 11.5 Å². The second-order valence-electron chi connectivity index (χ2n) is 6.00. The van der Waals surface area contributed by atoms with E-state index in [4.69, 9.17) is 9.47 Å². The molecule has 142 valence electrons. The number of pyridine rings is 1. The van der Waals surface area contributed by atoms with Gasteiger partial charge in [0, 0.05) is 23.5 Å². The van der Waals surface area contributed by atoms with E-state index in [2.05, 4.69) is 15.6 Å². The van der Waals surface area contributed by atoms with Crippen LogP contribution in [0.2, 0.25) is 0 Å². The molecule has 0 spiro atoms. The number of carbonyl (C=O) groups is 1. The van der Waals surface area contributed by atoms with Gasteiger partial charge in [-0.1, -0.05) is 0 Å². The summed E-state index contributed by atoms with van der Waals surface area (Å²) < 4.78 is 37.2. The molecule has 0 atom stereocenters. The predicted molar refractivity (Wildman–Crippen MR) is 99.3 cm³/mol. The predicted octanol–water partition coefficient (Wildman–Crippen LogP) is 4.13. The number of ether oxygens (including phenoxy) is 2. The molecule has 4 rings (SSSR count). The Hall–Kier alpha value is -3.68. The summed E-state index contributed by atoms with van der Waals surface area (Å²) >= 11 is 0. The molecule has 1 aliphatic rings. The lowest BCUT2D eigenvalue weighted by Crippen LogP contribution is -2.15. The number of aromatic nitrogens is 1. The van der Waals surface area contributed by atoms with Crippen LogP contribution in [-0.4, -0.2) is 24.1 Å². The van der Waals surface area contributed by atoms with Gasteiger partial charge in [-0.3, -0.25) is 4.79 Å². The normalized spacial score (nSPS) is 12.4. The second-order valence-corrected chi connectivity index (χ2v) is 6.00. The molecule has 0 bridgehead atoms. The summed E-state index contributed by atoms with van der Waals surface area (Å²) in [5, 5.41) is 5.63. The zero-order valence-corrected chi connectivity index (χ0v) is 14.5. The minimum Gasteiger partial charge on any atom is -0.486 e. The number of benzene rings is 2. The van der Waals surface area contributed by atoms with E-state index in [1.165, 1.54) is 18.3 Å². The van der Waals surface area contributed by atoms with Crippen molar-refractivity contribution < 1.29 is 23.0 Å². The van der Waals surface area contributed by atoms with Crippen molar-refractivity contribution in [2.24, 2.45) is 0 Å². The summed E-state index contributed by atoms with van der Waals surface area (Å²) in [5.74, 6) is -1.20. The molecule has 0 saturated carbocycles. The molecule has 2 N–H and O–H groups in total. The molecule has 1 amide bonds. The molecule has 2 aromatic carbocycles. The number of amides is 1. The van der Waals surface area contributed by atoms with E-state index >= 15 is 0 Å². The van der Waals surface area contributed by atoms with E-state index < -0.39 is 17.5 Å². The largest absolute Gasteiger partial charge is 0.486 e. The number of nitrogens with zero attached hydrogens (tertiary/aromatic N) is 1. The summed E-state index contributed by atoms with van der Waals surface area (Å²) in [5.41, 5.74) is 1.73. The Morgan fingerprint density at radius 3 is 2.36 bits per heavy atom. The highest BCUT2D eigenvalue weighted by molar-refractivity contribution is 6.02. The number of halogens is 2. The number of nitrogens with one attached hydrogen (secondary N) is 2. The molecule has 1 aliphatic heterocycles. The highest BCUT2D eigenvalue weighted by atomic mass is 19.2. The molecule has 0 aliphatic carbocycles. The van der Waals surface area contributed by atoms with Crippen molar-refractivity contribution in [2.75, 3.05) is 23.8 Å². The van der Waals surface area contributed by atoms with E-state index in [0.29, 0.717) is 30.4 Å². The number of anilines is 3. The summed E-state index contributed by atoms with van der Waals surface area (Å²) in [7, 11) is 0. The molecule has 28 heavy (non-hydrogen) atoms. The van der Waals surface area contributed by atoms with Gasteiger partial charge in [0.05, 0.1) is 11.9 Å². The number of rotatable bonds is 4. The van der Waals surface area contributed by atoms with Gasteiger partial charge in [-0.2, -0.15) is 0 Å². The fraction of sp³-hybridized carbons (Fsp3) is 0.100. The highest BCUT2D eigenvalue weighted by Crippen LogP contribution is 2.33. The van der Waals surface area contributed by atoms with Crippen molar-refractivity contribution in [1.82, 2.24) is 4.98 Å². The van der Waals surface area contributed by atoms with Crippen molar-refractivity contribution in [3.05, 3.63) is 72.1 Å². The van der Waals surface area contributed by atoms with Crippen molar-refractivity contribution >= 4 is 23.0 Å². The summed E-state index contributed by atoms with van der Waals surface area (Å²) in [6.07, 6.45) is 1.50. The van der Waals surface area contributed by atoms with Crippen molar-refractivity contribution in [3.8, 4) is 11.5 Å². The van der Waals surface area contributed by atoms with Gasteiger partial charge in [0.25, 0.3) is 5.91 Å². The molecule has 3 aromatic rings. The molecule has 0 saturated heterocycles. The van der Waals surface area contributed by atoms with E-state index in [-0.39, 0.29) is 11.4 Å². The van der Waals surface area contributed by atoms with E-state index in [1.807, 2.05) is 18.2 Å². The number of hydrogen-bond donors (Lipinski definition) is 2. The Morgan fingerprint density at radius 1 is 0.857 bits per heavy atom. The maximum Gasteiger partial charge on any atom is 0.274 e. The van der Waals surface area contributed by atoms with Crippen LogP contribution in [0.3, 0.4) is 0 Å². The van der Waals surface area contributed by atoms with Crippen molar-refractivity contribution in [2.45, 2.75) is 0 Å². The lowest BCUT2D eigenvalue weighted by Gasteiger charge is -2.19. The van der Waals surface area contributed by atoms with Crippen LogP contribution in [0.4, 0.5) is 25.8 Å². The summed E-state index contributed by atoms with van der Waals surface area (Å²) in [6, 6.07) is 11.8. The Balaban J connectivity index is 1.43. The SMILES string of the molecule is O=C(Nc1ccc(F)c(F)c1)c1ccc(Nc2ccc3c(c2)OCCO3)cn1. The molecule has 0 fully saturated rings. The zero-order chi connectivity index (χ0) is 19.5. The molecule has 6 nitrogen and oxygen atoms in total. The third-order valence-corrected chi connectivity index (χ3v) is 4.00. The Bertz CT molecular complexity index is 1030. The molecular weight excluding hydrogens is 368 g/mol. The Labute approximate surface area is 159 Å². The number of fused-ring (bicyclic) bond motifs is 1. The molecule has 2 heterocycles. The molecular formula is C20H15F2N3O3. The fourth-order valence-corrected chi connectivity index (χ4v) is 2.66. The van der Waals surface area contributed by atoms with Gasteiger partial charge in [0.1, 0.15) is 18.9 Å². The van der Waals surface area contributed by atoms with Gasteiger partial charge in [-0.15, -0.1) is 0 Å². The average molecular weight is 383 g/mol. The van der Waals surface area contributed by atoms with Crippen LogP contribution >= 0.6 is 0 Å². The van der Waals surface area contributed by atoms with Crippen LogP contribution in [-0.2, 0) is 0 Å². The second kappa shape index (κ2) is 7.51. The first-order valence-corrected chi connectivity index (χ1v) is 8.47. The first-order chi connectivity index (χ1) is 13.6. The van der Waals surface area contributed by atoms with E-state index in [1.54, 1.807) is 6.07 Å². The fourth-order valence-electron chi connectivity index (χ4n) is 2.66. The maximum absolute atomic E-state index is 13.2. The first kappa shape index (κ1) is 17.7. The van der Waals surface area contributed by atoms with Crippen LogP contribution in [0, 0.1) is 11.6 Å². The zero-order valence-electron chi connectivity index (χ0n) is 14.5. The summed E-state index contributed by atoms with van der Waals surface area (Å²) in [6.45, 7) is 1.03. The van der Waals surface area contributed by atoms with Crippen LogP contribution < -0.4 is 20.1 Å². The lowest BCUT2D eigenvalue weighted by molar-refractivity contribution is 0.102. The van der Waals surface area contributed by atoms with Gasteiger partial charge >= 0.3 is 0 Å². The van der Waals surface area contributed by atoms with Crippen LogP contribution in [0.25, 0.3) is 0 Å².